The number of rotatable bonds is 3. The third-order valence-corrected chi connectivity index (χ3v) is 6.35. The van der Waals surface area contributed by atoms with Crippen LogP contribution in [0.3, 0.4) is 0 Å². The number of nitrogens with two attached hydrogens (primary N) is 1. The highest BCUT2D eigenvalue weighted by atomic mass is 19.4. The van der Waals surface area contributed by atoms with Crippen molar-refractivity contribution in [3.05, 3.63) is 18.0 Å². The summed E-state index contributed by atoms with van der Waals surface area (Å²) in [4.78, 5) is 8.68. The molecule has 0 radical (unpaired) electrons. The van der Waals surface area contributed by atoms with E-state index >= 15 is 0 Å². The summed E-state index contributed by atoms with van der Waals surface area (Å²) in [5.41, 5.74) is 4.75. The van der Waals surface area contributed by atoms with Gasteiger partial charge in [-0.3, -0.25) is 5.32 Å². The predicted octanol–water partition coefficient (Wildman–Crippen LogP) is 3.78. The highest BCUT2D eigenvalue weighted by Crippen LogP contribution is 2.44. The highest BCUT2D eigenvalue weighted by molar-refractivity contribution is 6.00. The number of guanidine groups is 2. The van der Waals surface area contributed by atoms with Gasteiger partial charge in [-0.25, -0.2) is 32.2 Å². The molecule has 184 valence electrons. The summed E-state index contributed by atoms with van der Waals surface area (Å²) in [5.74, 6) is -8.23. The monoisotopic (exact) mass is 483 g/mol. The van der Waals surface area contributed by atoms with Crippen molar-refractivity contribution in [1.82, 2.24) is 20.4 Å². The summed E-state index contributed by atoms with van der Waals surface area (Å²) >= 11 is 0. The standard InChI is InChI=1S/C19H24F7N7/c20-16(21)6-1-11(2-7-16)19(33-10-5-13(32-33)18(24,25)26)30-14(27)29-15(31-19)28-12-3-8-17(22,23)9-4-12/h5,10-12H,1-4,6-9H2,(H4,27,28,29,30,31). The molecule has 4 rings (SSSR count). The molecule has 0 saturated heterocycles. The Morgan fingerprint density at radius 1 is 1.00 bits per heavy atom. The second kappa shape index (κ2) is 8.05. The van der Waals surface area contributed by atoms with Gasteiger partial charge in [0.25, 0.3) is 0 Å². The van der Waals surface area contributed by atoms with E-state index in [1.807, 2.05) is 0 Å². The van der Waals surface area contributed by atoms with Crippen molar-refractivity contribution in [1.29, 1.82) is 0 Å². The van der Waals surface area contributed by atoms with Gasteiger partial charge in [-0.15, -0.1) is 0 Å². The first-order valence-electron chi connectivity index (χ1n) is 10.7. The lowest BCUT2D eigenvalue weighted by Crippen LogP contribution is -2.65. The molecule has 2 aliphatic carbocycles. The zero-order valence-electron chi connectivity index (χ0n) is 17.5. The molecule has 0 bridgehead atoms. The molecule has 1 aromatic heterocycles. The van der Waals surface area contributed by atoms with E-state index in [1.165, 1.54) is 0 Å². The maximum absolute atomic E-state index is 13.8. The normalized spacial score (nSPS) is 29.9. The van der Waals surface area contributed by atoms with Gasteiger partial charge in [-0.05, 0) is 31.7 Å². The number of aromatic nitrogens is 2. The highest BCUT2D eigenvalue weighted by Gasteiger charge is 2.50. The fourth-order valence-electron chi connectivity index (χ4n) is 4.56. The number of nitrogens with one attached hydrogen (secondary N) is 2. The zero-order valence-corrected chi connectivity index (χ0v) is 17.5. The van der Waals surface area contributed by atoms with Gasteiger partial charge in [-0.1, -0.05) is 0 Å². The molecule has 0 amide bonds. The van der Waals surface area contributed by atoms with Crippen molar-refractivity contribution in [2.24, 2.45) is 21.6 Å². The molecule has 0 spiro atoms. The topological polar surface area (TPSA) is 92.6 Å². The van der Waals surface area contributed by atoms with Crippen LogP contribution >= 0.6 is 0 Å². The third kappa shape index (κ3) is 5.03. The summed E-state index contributed by atoms with van der Waals surface area (Å²) in [6.45, 7) is 0. The molecule has 7 nitrogen and oxygen atoms in total. The average molecular weight is 483 g/mol. The molecular formula is C19H24F7N7. The fraction of sp³-hybridized carbons (Fsp3) is 0.737. The van der Waals surface area contributed by atoms with Crippen molar-refractivity contribution in [3.63, 3.8) is 0 Å². The predicted molar refractivity (Wildman–Crippen MR) is 105 cm³/mol. The van der Waals surface area contributed by atoms with Gasteiger partial charge in [0.1, 0.15) is 0 Å². The second-order valence-corrected chi connectivity index (χ2v) is 8.81. The van der Waals surface area contributed by atoms with Gasteiger partial charge >= 0.3 is 6.18 Å². The first-order chi connectivity index (χ1) is 15.3. The van der Waals surface area contributed by atoms with Crippen molar-refractivity contribution in [3.8, 4) is 0 Å². The van der Waals surface area contributed by atoms with E-state index in [4.69, 9.17) is 5.73 Å². The number of nitrogens with zero attached hydrogens (tertiary/aromatic N) is 4. The summed E-state index contributed by atoms with van der Waals surface area (Å²) in [6.07, 6.45) is -5.17. The van der Waals surface area contributed by atoms with Crippen LogP contribution in [-0.4, -0.2) is 39.6 Å². The van der Waals surface area contributed by atoms with Gasteiger partial charge in [-0.2, -0.15) is 18.3 Å². The largest absolute Gasteiger partial charge is 0.435 e. The van der Waals surface area contributed by atoms with E-state index in [2.05, 4.69) is 25.7 Å². The van der Waals surface area contributed by atoms with Crippen molar-refractivity contribution >= 4 is 11.9 Å². The number of halogens is 7. The van der Waals surface area contributed by atoms with Crippen molar-refractivity contribution < 1.29 is 30.7 Å². The van der Waals surface area contributed by atoms with Crippen LogP contribution in [0.5, 0.6) is 0 Å². The van der Waals surface area contributed by atoms with Crippen LogP contribution in [0.25, 0.3) is 0 Å². The van der Waals surface area contributed by atoms with Gasteiger partial charge in [0, 0.05) is 37.8 Å². The van der Waals surface area contributed by atoms with E-state index in [0.29, 0.717) is 0 Å². The van der Waals surface area contributed by atoms with Crippen LogP contribution in [0.15, 0.2) is 22.2 Å². The quantitative estimate of drug-likeness (QED) is 0.571. The zero-order chi connectivity index (χ0) is 24.1. The van der Waals surface area contributed by atoms with E-state index in [9.17, 15) is 30.7 Å². The Morgan fingerprint density at radius 3 is 2.12 bits per heavy atom. The molecule has 1 aromatic rings. The molecule has 33 heavy (non-hydrogen) atoms. The van der Waals surface area contributed by atoms with E-state index in [-0.39, 0.29) is 50.4 Å². The minimum Gasteiger partial charge on any atom is -0.369 e. The van der Waals surface area contributed by atoms with Crippen LogP contribution < -0.4 is 16.4 Å². The van der Waals surface area contributed by atoms with Gasteiger partial charge in [0.2, 0.25) is 23.6 Å². The minimum atomic E-state index is -4.72. The average Bonchev–Trinajstić information content (AvgIpc) is 3.20. The molecule has 1 atom stereocenters. The summed E-state index contributed by atoms with van der Waals surface area (Å²) in [5, 5.41) is 9.21. The number of hydrogen-bond acceptors (Lipinski definition) is 4. The Balaban J connectivity index is 1.68. The Morgan fingerprint density at radius 2 is 1.58 bits per heavy atom. The van der Waals surface area contributed by atoms with Crippen LogP contribution in [0.4, 0.5) is 30.7 Å². The molecule has 14 heteroatoms. The Bertz CT molecular complexity index is 919. The number of aliphatic imine (C=N–C) groups is 2. The molecule has 2 heterocycles. The van der Waals surface area contributed by atoms with E-state index in [0.717, 1.165) is 16.9 Å². The third-order valence-electron chi connectivity index (χ3n) is 6.35. The Labute approximate surface area is 184 Å². The fourth-order valence-corrected chi connectivity index (χ4v) is 4.56. The van der Waals surface area contributed by atoms with Crippen LogP contribution in [0, 0.1) is 5.92 Å². The first-order valence-corrected chi connectivity index (χ1v) is 10.7. The Hall–Kier alpha value is -2.54. The summed E-state index contributed by atoms with van der Waals surface area (Å²) < 4.78 is 95.1. The van der Waals surface area contributed by atoms with Gasteiger partial charge < -0.3 is 11.1 Å². The maximum Gasteiger partial charge on any atom is 0.435 e. The van der Waals surface area contributed by atoms with Gasteiger partial charge in [0.15, 0.2) is 11.7 Å². The molecular weight excluding hydrogens is 459 g/mol. The van der Waals surface area contributed by atoms with Crippen LogP contribution in [0.2, 0.25) is 0 Å². The number of alkyl halides is 7. The van der Waals surface area contributed by atoms with E-state index in [1.54, 1.807) is 0 Å². The Kier molecular flexibility index (Phi) is 5.76. The second-order valence-electron chi connectivity index (χ2n) is 8.81. The smallest absolute Gasteiger partial charge is 0.369 e. The molecule has 3 aliphatic rings. The summed E-state index contributed by atoms with van der Waals surface area (Å²) in [6, 6.07) is 0.288. The molecule has 0 aromatic carbocycles. The lowest BCUT2D eigenvalue weighted by molar-refractivity contribution is -0.142. The molecule has 1 unspecified atom stereocenters. The molecule has 1 aliphatic heterocycles. The van der Waals surface area contributed by atoms with Crippen molar-refractivity contribution in [2.75, 3.05) is 0 Å². The number of hydrogen-bond donors (Lipinski definition) is 3. The molecule has 2 saturated carbocycles. The molecule has 2 fully saturated rings. The van der Waals surface area contributed by atoms with E-state index < -0.39 is 54.3 Å². The lowest BCUT2D eigenvalue weighted by Gasteiger charge is -2.44. The summed E-state index contributed by atoms with van der Waals surface area (Å²) in [7, 11) is 0. The SMILES string of the molecule is NC1=NC(C2CCC(F)(F)CC2)(n2ccc(C(F)(F)F)n2)NC(=NC2CCC(F)(F)CC2)N1. The van der Waals surface area contributed by atoms with Crippen LogP contribution in [0.1, 0.15) is 57.1 Å². The maximum atomic E-state index is 13.8. The minimum absolute atomic E-state index is 0.0270. The molecule has 4 N–H and O–H groups in total. The van der Waals surface area contributed by atoms with Crippen molar-refractivity contribution in [2.45, 2.75) is 81.2 Å². The first kappa shape index (κ1) is 23.6. The lowest BCUT2D eigenvalue weighted by atomic mass is 9.81. The van der Waals surface area contributed by atoms with Crippen LogP contribution in [-0.2, 0) is 12.0 Å². The van der Waals surface area contributed by atoms with Gasteiger partial charge in [0.05, 0.1) is 6.04 Å².